The first kappa shape index (κ1) is 28.6. The average molecular weight is 593 g/mol. The fraction of sp³-hybridized carbons (Fsp3) is 0.406. The van der Waals surface area contributed by atoms with Gasteiger partial charge in [0.05, 0.1) is 42.4 Å². The van der Waals surface area contributed by atoms with Crippen molar-refractivity contribution in [1.29, 1.82) is 0 Å². The van der Waals surface area contributed by atoms with Gasteiger partial charge in [0.15, 0.2) is 0 Å². The number of hydrogen-bond acceptors (Lipinski definition) is 7. The number of hydrogen-bond donors (Lipinski definition) is 0. The Labute approximate surface area is 249 Å². The second-order valence-corrected chi connectivity index (χ2v) is 11.4. The lowest BCUT2D eigenvalue weighted by molar-refractivity contribution is -0.0594. The standard InChI is InChI=1S/C32H34ClFN4O4/c1-20(31-36-28-9-7-22(32(39)40-2)16-29(28)38(31)18-25-12-15-41-25)37-13-10-21(11-14-37)27-4-3-5-30(35-27)42-19-23-6-8-24(33)17-26(23)34/h3-9,16-17,20-21,25H,10-15,18-19H2,1-2H3/t20?,25-/m0/s1. The molecule has 2 aliphatic heterocycles. The quantitative estimate of drug-likeness (QED) is 0.210. The van der Waals surface area contributed by atoms with E-state index in [0.717, 1.165) is 61.5 Å². The maximum absolute atomic E-state index is 14.2. The van der Waals surface area contributed by atoms with Crippen LogP contribution in [0, 0.1) is 5.82 Å². The zero-order chi connectivity index (χ0) is 29.2. The molecule has 2 saturated heterocycles. The lowest BCUT2D eigenvalue weighted by atomic mass is 9.92. The SMILES string of the molecule is COC(=O)c1ccc2nc(C(C)N3CCC(c4cccc(OCc5ccc(Cl)cc5F)n4)CC3)n(C[C@@H]3CCO3)c2c1. The number of carbonyl (C=O) groups excluding carboxylic acids is 1. The zero-order valence-corrected chi connectivity index (χ0v) is 24.5. The van der Waals surface area contributed by atoms with E-state index in [1.165, 1.54) is 13.2 Å². The summed E-state index contributed by atoms with van der Waals surface area (Å²) in [7, 11) is 1.39. The van der Waals surface area contributed by atoms with Crippen LogP contribution in [0.3, 0.4) is 0 Å². The number of nitrogens with zero attached hydrogens (tertiary/aromatic N) is 4. The van der Waals surface area contributed by atoms with Crippen LogP contribution in [-0.2, 0) is 22.6 Å². The Hall–Kier alpha value is -3.53. The van der Waals surface area contributed by atoms with Crippen LogP contribution < -0.4 is 4.74 Å². The highest BCUT2D eigenvalue weighted by atomic mass is 35.5. The fourth-order valence-electron chi connectivity index (χ4n) is 5.80. The molecule has 8 nitrogen and oxygen atoms in total. The summed E-state index contributed by atoms with van der Waals surface area (Å²) in [6.07, 6.45) is 3.06. The van der Waals surface area contributed by atoms with Crippen LogP contribution in [0.2, 0.25) is 5.02 Å². The van der Waals surface area contributed by atoms with Gasteiger partial charge < -0.3 is 18.8 Å². The number of ether oxygens (including phenoxy) is 3. The molecule has 2 aromatic carbocycles. The number of carbonyl (C=O) groups is 1. The van der Waals surface area contributed by atoms with Crippen molar-refractivity contribution in [2.75, 3.05) is 26.8 Å². The zero-order valence-electron chi connectivity index (χ0n) is 23.8. The predicted molar refractivity (Wildman–Crippen MR) is 157 cm³/mol. The number of imidazole rings is 1. The highest BCUT2D eigenvalue weighted by molar-refractivity contribution is 6.30. The van der Waals surface area contributed by atoms with Gasteiger partial charge in [-0.3, -0.25) is 4.90 Å². The monoisotopic (exact) mass is 592 g/mol. The Balaban J connectivity index is 1.14. The molecule has 42 heavy (non-hydrogen) atoms. The molecule has 0 saturated carbocycles. The number of esters is 1. The molecule has 2 atom stereocenters. The summed E-state index contributed by atoms with van der Waals surface area (Å²) < 4.78 is 32.9. The van der Waals surface area contributed by atoms with Crippen molar-refractivity contribution in [3.63, 3.8) is 0 Å². The minimum absolute atomic E-state index is 0.0805. The van der Waals surface area contributed by atoms with Crippen molar-refractivity contribution in [1.82, 2.24) is 19.4 Å². The first-order valence-electron chi connectivity index (χ1n) is 14.4. The van der Waals surface area contributed by atoms with E-state index >= 15 is 0 Å². The minimum Gasteiger partial charge on any atom is -0.473 e. The summed E-state index contributed by atoms with van der Waals surface area (Å²) in [5.41, 5.74) is 3.71. The third-order valence-corrected chi connectivity index (χ3v) is 8.62. The van der Waals surface area contributed by atoms with Gasteiger partial charge in [0, 0.05) is 34.9 Å². The number of fused-ring (bicyclic) bond motifs is 1. The largest absolute Gasteiger partial charge is 0.473 e. The predicted octanol–water partition coefficient (Wildman–Crippen LogP) is 6.32. The number of benzene rings is 2. The summed E-state index contributed by atoms with van der Waals surface area (Å²) in [4.78, 5) is 24.5. The molecule has 220 valence electrons. The topological polar surface area (TPSA) is 78.7 Å². The van der Waals surface area contributed by atoms with Gasteiger partial charge in [-0.1, -0.05) is 23.7 Å². The highest BCUT2D eigenvalue weighted by Gasteiger charge is 2.30. The first-order chi connectivity index (χ1) is 20.4. The van der Waals surface area contributed by atoms with E-state index in [-0.39, 0.29) is 24.7 Å². The Morgan fingerprint density at radius 1 is 1.12 bits per heavy atom. The molecule has 2 fully saturated rings. The van der Waals surface area contributed by atoms with E-state index in [1.807, 2.05) is 24.3 Å². The van der Waals surface area contributed by atoms with Crippen LogP contribution in [0.15, 0.2) is 54.6 Å². The summed E-state index contributed by atoms with van der Waals surface area (Å²) in [6, 6.07) is 16.0. The van der Waals surface area contributed by atoms with E-state index < -0.39 is 5.82 Å². The van der Waals surface area contributed by atoms with Crippen LogP contribution in [0.5, 0.6) is 5.88 Å². The molecule has 0 bridgehead atoms. The molecule has 4 aromatic rings. The van der Waals surface area contributed by atoms with Gasteiger partial charge in [0.25, 0.3) is 0 Å². The van der Waals surface area contributed by atoms with Gasteiger partial charge in [-0.15, -0.1) is 0 Å². The molecule has 0 radical (unpaired) electrons. The highest BCUT2D eigenvalue weighted by Crippen LogP contribution is 2.34. The number of halogens is 2. The molecule has 10 heteroatoms. The van der Waals surface area contributed by atoms with Crippen molar-refractivity contribution >= 4 is 28.6 Å². The average Bonchev–Trinajstić information content (AvgIpc) is 3.35. The van der Waals surface area contributed by atoms with Crippen LogP contribution in [0.1, 0.15) is 65.6 Å². The molecule has 2 aromatic heterocycles. The number of methoxy groups -OCH3 is 1. The van der Waals surface area contributed by atoms with Gasteiger partial charge in [-0.25, -0.2) is 19.2 Å². The van der Waals surface area contributed by atoms with E-state index in [2.05, 4.69) is 16.4 Å². The third kappa shape index (κ3) is 6.00. The van der Waals surface area contributed by atoms with E-state index in [1.54, 1.807) is 24.3 Å². The molecule has 0 spiro atoms. The van der Waals surface area contributed by atoms with E-state index in [9.17, 15) is 9.18 Å². The minimum atomic E-state index is -0.391. The summed E-state index contributed by atoms with van der Waals surface area (Å²) in [5, 5.41) is 0.356. The van der Waals surface area contributed by atoms with E-state index in [4.69, 9.17) is 35.8 Å². The van der Waals surface area contributed by atoms with Crippen molar-refractivity contribution in [2.24, 2.45) is 0 Å². The number of rotatable bonds is 9. The van der Waals surface area contributed by atoms with Crippen LogP contribution in [0.4, 0.5) is 4.39 Å². The number of likely N-dealkylation sites (tertiary alicyclic amines) is 1. The number of aromatic nitrogens is 3. The Morgan fingerprint density at radius 2 is 1.93 bits per heavy atom. The molecule has 1 unspecified atom stereocenters. The number of pyridine rings is 1. The van der Waals surface area contributed by atoms with Crippen LogP contribution in [-0.4, -0.2) is 58.3 Å². The van der Waals surface area contributed by atoms with Crippen LogP contribution >= 0.6 is 11.6 Å². The summed E-state index contributed by atoms with van der Waals surface area (Å²) >= 11 is 5.86. The molecule has 6 rings (SSSR count). The smallest absolute Gasteiger partial charge is 0.337 e. The Morgan fingerprint density at radius 3 is 2.64 bits per heavy atom. The third-order valence-electron chi connectivity index (χ3n) is 8.38. The van der Waals surface area contributed by atoms with Gasteiger partial charge in [0.1, 0.15) is 18.2 Å². The molecule has 2 aliphatic rings. The van der Waals surface area contributed by atoms with Crippen LogP contribution in [0.25, 0.3) is 11.0 Å². The van der Waals surface area contributed by atoms with Gasteiger partial charge in [0.2, 0.25) is 5.88 Å². The van der Waals surface area contributed by atoms with Gasteiger partial charge >= 0.3 is 5.97 Å². The van der Waals surface area contributed by atoms with Crippen molar-refractivity contribution in [3.8, 4) is 5.88 Å². The fourth-order valence-corrected chi connectivity index (χ4v) is 5.96. The Bertz CT molecular complexity index is 1580. The summed E-state index contributed by atoms with van der Waals surface area (Å²) in [5.74, 6) is 1.01. The lowest BCUT2D eigenvalue weighted by Gasteiger charge is -2.36. The normalized spacial score (nSPS) is 18.5. The first-order valence-corrected chi connectivity index (χ1v) is 14.7. The van der Waals surface area contributed by atoms with Crippen molar-refractivity contribution in [2.45, 2.75) is 57.4 Å². The number of piperidine rings is 1. The molecule has 0 amide bonds. The van der Waals surface area contributed by atoms with Gasteiger partial charge in [-0.2, -0.15) is 0 Å². The summed E-state index contributed by atoms with van der Waals surface area (Å²) in [6.45, 7) is 5.55. The Kier molecular flexibility index (Phi) is 8.42. The lowest BCUT2D eigenvalue weighted by Crippen LogP contribution is -2.37. The molecular weight excluding hydrogens is 559 g/mol. The molecular formula is C32H34ClFN4O4. The maximum Gasteiger partial charge on any atom is 0.337 e. The van der Waals surface area contributed by atoms with Crippen molar-refractivity contribution < 1.29 is 23.4 Å². The van der Waals surface area contributed by atoms with Crippen molar-refractivity contribution in [3.05, 3.63) is 88.1 Å². The second-order valence-electron chi connectivity index (χ2n) is 11.0. The molecule has 4 heterocycles. The molecule has 0 N–H and O–H groups in total. The maximum atomic E-state index is 14.2. The molecule has 0 aliphatic carbocycles. The van der Waals surface area contributed by atoms with Gasteiger partial charge in [-0.05, 0) is 75.7 Å². The second kappa shape index (κ2) is 12.4. The van der Waals surface area contributed by atoms with E-state index in [0.29, 0.717) is 34.5 Å².